The Labute approximate surface area is 71.2 Å². The summed E-state index contributed by atoms with van der Waals surface area (Å²) in [6, 6.07) is 0. The molecule has 0 fully saturated rings. The normalized spacial score (nSPS) is 8.83. The zero-order valence-corrected chi connectivity index (χ0v) is 7.25. The van der Waals surface area contributed by atoms with Gasteiger partial charge in [0.05, 0.1) is 6.61 Å². The molecule has 0 rings (SSSR count). The van der Waals surface area contributed by atoms with Crippen molar-refractivity contribution in [3.05, 3.63) is 12.3 Å². The summed E-state index contributed by atoms with van der Waals surface area (Å²) in [5, 5.41) is 0. The summed E-state index contributed by atoms with van der Waals surface area (Å²) in [6.45, 7) is 6.59. The molecule has 0 unspecified atom stereocenters. The second-order valence-corrected chi connectivity index (χ2v) is 2.15. The molecule has 0 bridgehead atoms. The van der Waals surface area contributed by atoms with Crippen LogP contribution in [0, 0.1) is 0 Å². The van der Waals surface area contributed by atoms with E-state index in [1.165, 1.54) is 6.92 Å². The maximum Gasteiger partial charge on any atom is 0.373 e. The monoisotopic (exact) mass is 172 g/mol. The standard InChI is InChI=1S/C8H12O4/c1-4-5-11-8(10)6(2)12-7(3)9/h2,4-5H2,1,3H3. The van der Waals surface area contributed by atoms with Crippen molar-refractivity contribution >= 4 is 11.9 Å². The van der Waals surface area contributed by atoms with Crippen molar-refractivity contribution in [3.8, 4) is 0 Å². The van der Waals surface area contributed by atoms with Crippen LogP contribution in [0.1, 0.15) is 20.3 Å². The van der Waals surface area contributed by atoms with E-state index >= 15 is 0 Å². The van der Waals surface area contributed by atoms with Crippen molar-refractivity contribution < 1.29 is 19.1 Å². The summed E-state index contributed by atoms with van der Waals surface area (Å²) < 4.78 is 9.04. The van der Waals surface area contributed by atoms with E-state index in [1.807, 2.05) is 6.92 Å². The van der Waals surface area contributed by atoms with Gasteiger partial charge in [0.15, 0.2) is 0 Å². The molecule has 0 aromatic carbocycles. The van der Waals surface area contributed by atoms with Crippen LogP contribution in [0.4, 0.5) is 0 Å². The van der Waals surface area contributed by atoms with Crippen LogP contribution in [0.5, 0.6) is 0 Å². The lowest BCUT2D eigenvalue weighted by atomic mass is 10.5. The first kappa shape index (κ1) is 10.7. The van der Waals surface area contributed by atoms with Gasteiger partial charge in [0.2, 0.25) is 5.76 Å². The molecule has 0 aliphatic rings. The van der Waals surface area contributed by atoms with Crippen molar-refractivity contribution in [2.75, 3.05) is 6.61 Å². The predicted molar refractivity (Wildman–Crippen MR) is 42.2 cm³/mol. The fourth-order valence-corrected chi connectivity index (χ4v) is 0.490. The number of esters is 2. The highest BCUT2D eigenvalue weighted by Gasteiger charge is 2.10. The van der Waals surface area contributed by atoms with Crippen LogP contribution in [-0.4, -0.2) is 18.5 Å². The highest BCUT2D eigenvalue weighted by Crippen LogP contribution is 1.97. The SMILES string of the molecule is C=C(OC(C)=O)C(=O)OCCC. The largest absolute Gasteiger partial charge is 0.460 e. The summed E-state index contributed by atoms with van der Waals surface area (Å²) in [4.78, 5) is 21.2. The minimum absolute atomic E-state index is 0.268. The van der Waals surface area contributed by atoms with Gasteiger partial charge in [0.25, 0.3) is 0 Å². The van der Waals surface area contributed by atoms with E-state index in [2.05, 4.69) is 16.1 Å². The summed E-state index contributed by atoms with van der Waals surface area (Å²) in [5.74, 6) is -1.53. The molecule has 0 saturated carbocycles. The van der Waals surface area contributed by atoms with E-state index in [0.717, 1.165) is 6.42 Å². The van der Waals surface area contributed by atoms with Crippen molar-refractivity contribution in [2.45, 2.75) is 20.3 Å². The van der Waals surface area contributed by atoms with Crippen LogP contribution < -0.4 is 0 Å². The molecule has 4 nitrogen and oxygen atoms in total. The van der Waals surface area contributed by atoms with E-state index in [9.17, 15) is 9.59 Å². The lowest BCUT2D eigenvalue weighted by Gasteiger charge is -2.04. The van der Waals surface area contributed by atoms with Gasteiger partial charge in [-0.2, -0.15) is 0 Å². The molecular formula is C8H12O4. The molecular weight excluding hydrogens is 160 g/mol. The Morgan fingerprint density at radius 1 is 1.42 bits per heavy atom. The third-order valence-electron chi connectivity index (χ3n) is 0.932. The molecule has 68 valence electrons. The fourth-order valence-electron chi connectivity index (χ4n) is 0.490. The number of rotatable bonds is 4. The van der Waals surface area contributed by atoms with Gasteiger partial charge in [-0.05, 0) is 13.0 Å². The summed E-state index contributed by atoms with van der Waals surface area (Å²) in [6.07, 6.45) is 0.721. The first-order chi connectivity index (χ1) is 5.57. The van der Waals surface area contributed by atoms with Gasteiger partial charge in [0.1, 0.15) is 0 Å². The van der Waals surface area contributed by atoms with Crippen LogP contribution in [0.2, 0.25) is 0 Å². The average molecular weight is 172 g/mol. The average Bonchev–Trinajstić information content (AvgIpc) is 1.98. The van der Waals surface area contributed by atoms with E-state index in [0.29, 0.717) is 6.61 Å². The third kappa shape index (κ3) is 4.49. The Hall–Kier alpha value is -1.32. The molecule has 0 saturated heterocycles. The second-order valence-electron chi connectivity index (χ2n) is 2.15. The number of ether oxygens (including phenoxy) is 2. The van der Waals surface area contributed by atoms with E-state index in [4.69, 9.17) is 0 Å². The van der Waals surface area contributed by atoms with Gasteiger partial charge >= 0.3 is 11.9 Å². The summed E-state index contributed by atoms with van der Waals surface area (Å²) in [7, 11) is 0. The van der Waals surface area contributed by atoms with Crippen molar-refractivity contribution in [1.82, 2.24) is 0 Å². The molecule has 0 aliphatic heterocycles. The molecule has 0 aromatic heterocycles. The number of hydrogen-bond acceptors (Lipinski definition) is 4. The Morgan fingerprint density at radius 3 is 2.42 bits per heavy atom. The van der Waals surface area contributed by atoms with E-state index < -0.39 is 11.9 Å². The molecule has 4 heteroatoms. The van der Waals surface area contributed by atoms with E-state index in [-0.39, 0.29) is 5.76 Å². The molecule has 0 aliphatic carbocycles. The molecule has 0 aromatic rings. The zero-order chi connectivity index (χ0) is 9.56. The first-order valence-corrected chi connectivity index (χ1v) is 3.62. The van der Waals surface area contributed by atoms with Crippen LogP contribution in [0.3, 0.4) is 0 Å². The maximum atomic E-state index is 10.8. The Bertz CT molecular complexity index is 195. The molecule has 12 heavy (non-hydrogen) atoms. The summed E-state index contributed by atoms with van der Waals surface area (Å²) in [5.41, 5.74) is 0. The van der Waals surface area contributed by atoms with Crippen molar-refractivity contribution in [3.63, 3.8) is 0 Å². The van der Waals surface area contributed by atoms with Crippen LogP contribution in [0.25, 0.3) is 0 Å². The molecule has 0 heterocycles. The zero-order valence-electron chi connectivity index (χ0n) is 7.25. The van der Waals surface area contributed by atoms with Crippen molar-refractivity contribution in [1.29, 1.82) is 0 Å². The molecule has 0 N–H and O–H groups in total. The van der Waals surface area contributed by atoms with Gasteiger partial charge in [-0.25, -0.2) is 4.79 Å². The Morgan fingerprint density at radius 2 is 2.00 bits per heavy atom. The highest BCUT2D eigenvalue weighted by atomic mass is 16.6. The van der Waals surface area contributed by atoms with E-state index in [1.54, 1.807) is 0 Å². The molecule has 0 radical (unpaired) electrons. The number of hydrogen-bond donors (Lipinski definition) is 0. The first-order valence-electron chi connectivity index (χ1n) is 3.62. The van der Waals surface area contributed by atoms with Gasteiger partial charge in [0, 0.05) is 6.92 Å². The van der Waals surface area contributed by atoms with Gasteiger partial charge < -0.3 is 9.47 Å². The molecule has 0 atom stereocenters. The van der Waals surface area contributed by atoms with Gasteiger partial charge in [-0.1, -0.05) is 6.92 Å². The van der Waals surface area contributed by atoms with Crippen LogP contribution >= 0.6 is 0 Å². The smallest absolute Gasteiger partial charge is 0.373 e. The third-order valence-corrected chi connectivity index (χ3v) is 0.932. The van der Waals surface area contributed by atoms with Crippen LogP contribution in [-0.2, 0) is 19.1 Å². The predicted octanol–water partition coefficient (Wildman–Crippen LogP) is 1.02. The summed E-state index contributed by atoms with van der Waals surface area (Å²) >= 11 is 0. The highest BCUT2D eigenvalue weighted by molar-refractivity contribution is 5.88. The Kier molecular flexibility index (Phi) is 4.76. The molecule has 0 spiro atoms. The number of carbonyl (C=O) groups is 2. The van der Waals surface area contributed by atoms with Gasteiger partial charge in [-0.15, -0.1) is 0 Å². The lowest BCUT2D eigenvalue weighted by Crippen LogP contribution is -2.12. The van der Waals surface area contributed by atoms with Crippen LogP contribution in [0.15, 0.2) is 12.3 Å². The number of carbonyl (C=O) groups excluding carboxylic acids is 2. The minimum atomic E-state index is -0.688. The second kappa shape index (κ2) is 5.35. The van der Waals surface area contributed by atoms with Gasteiger partial charge in [-0.3, -0.25) is 4.79 Å². The minimum Gasteiger partial charge on any atom is -0.460 e. The topological polar surface area (TPSA) is 52.6 Å². The Balaban J connectivity index is 3.77. The molecule has 0 amide bonds. The lowest BCUT2D eigenvalue weighted by molar-refractivity contribution is -0.150. The fraction of sp³-hybridized carbons (Fsp3) is 0.500. The quantitative estimate of drug-likeness (QED) is 0.361. The van der Waals surface area contributed by atoms with Crippen molar-refractivity contribution in [2.24, 2.45) is 0 Å². The maximum absolute atomic E-state index is 10.8.